The zero-order chi connectivity index (χ0) is 21.7. The monoisotopic (exact) mass is 410 g/mol. The second-order valence-corrected chi connectivity index (χ2v) is 8.31. The summed E-state index contributed by atoms with van der Waals surface area (Å²) in [7, 11) is 1.66. The Bertz CT molecular complexity index is 1080. The number of piperidine rings is 1. The lowest BCUT2D eigenvalue weighted by atomic mass is 9.71. The molecule has 0 radical (unpaired) electrons. The highest BCUT2D eigenvalue weighted by atomic mass is 16.5. The first kappa shape index (κ1) is 20.1. The van der Waals surface area contributed by atoms with Crippen molar-refractivity contribution in [3.05, 3.63) is 70.9 Å². The molecule has 0 bridgehead atoms. The van der Waals surface area contributed by atoms with Crippen LogP contribution in [0.4, 0.5) is 0 Å². The zero-order valence-corrected chi connectivity index (χ0v) is 16.8. The van der Waals surface area contributed by atoms with E-state index in [-0.39, 0.29) is 22.6 Å². The van der Waals surface area contributed by atoms with E-state index >= 15 is 0 Å². The average Bonchev–Trinajstić information content (AvgIpc) is 2.78. The van der Waals surface area contributed by atoms with E-state index in [4.69, 9.17) is 4.74 Å². The molecule has 2 aromatic carbocycles. The minimum Gasteiger partial charge on any atom is -0.478 e. The predicted octanol–water partition coefficient (Wildman–Crippen LogP) is 2.98. The number of fused-ring (bicyclic) bond motifs is 5. The molecule has 30 heavy (non-hydrogen) atoms. The number of quaternary nitrogens is 1. The number of carboxylic acid groups (broad SMARTS) is 2. The molecule has 0 unspecified atom stereocenters. The molecule has 3 N–H and O–H groups in total. The van der Waals surface area contributed by atoms with Crippen molar-refractivity contribution in [2.24, 2.45) is 0 Å². The molecule has 1 fully saturated rings. The summed E-state index contributed by atoms with van der Waals surface area (Å²) in [6.07, 6.45) is 1.19. The van der Waals surface area contributed by atoms with Gasteiger partial charge in [-0.25, -0.2) is 9.59 Å². The Labute approximate surface area is 174 Å². The molecule has 7 nitrogen and oxygen atoms in total. The van der Waals surface area contributed by atoms with Gasteiger partial charge in [0.1, 0.15) is 23.6 Å². The number of carbonyl (C=O) groups is 2. The van der Waals surface area contributed by atoms with Crippen molar-refractivity contribution in [2.75, 3.05) is 20.1 Å². The van der Waals surface area contributed by atoms with Crippen molar-refractivity contribution < 1.29 is 34.1 Å². The number of rotatable bonds is 3. The Morgan fingerprint density at radius 1 is 1.17 bits per heavy atom. The highest BCUT2D eigenvalue weighted by molar-refractivity contribution is 5.92. The van der Waals surface area contributed by atoms with Gasteiger partial charge in [0.05, 0.1) is 19.7 Å². The van der Waals surface area contributed by atoms with Crippen LogP contribution >= 0.6 is 0 Å². The molecular formula is C23H24NO6+. The first-order valence-electron chi connectivity index (χ1n) is 9.78. The molecule has 1 saturated heterocycles. The van der Waals surface area contributed by atoms with E-state index in [1.165, 1.54) is 0 Å². The van der Waals surface area contributed by atoms with Gasteiger partial charge in [-0.15, -0.1) is 0 Å². The van der Waals surface area contributed by atoms with Gasteiger partial charge >= 0.3 is 11.9 Å². The fourth-order valence-electron chi connectivity index (χ4n) is 4.93. The second kappa shape index (κ2) is 6.97. The number of aryl methyl sites for hydroxylation is 1. The third kappa shape index (κ3) is 3.07. The Kier molecular flexibility index (Phi) is 4.67. The van der Waals surface area contributed by atoms with Crippen LogP contribution < -0.4 is 4.74 Å². The van der Waals surface area contributed by atoms with E-state index in [2.05, 4.69) is 0 Å². The standard InChI is InChI=1S/C23H23NO6/c1-14-6-5-8-17-21(14)30-19-9-4-3-7-15(19)16-10-11-24(2,13-23(16,17)29)18(22(27)28)12-20(25)26/h3-9,12,16,29H,10-11,13H2,1-2H3,(H-,25,26,27,28)/p+1/b18-12-/t16-,23+,24+/m0/s1. The third-order valence-corrected chi connectivity index (χ3v) is 6.32. The number of benzene rings is 2. The average molecular weight is 410 g/mol. The number of likely N-dealkylation sites (N-methyl/N-ethyl adjacent to an activating group) is 1. The van der Waals surface area contributed by atoms with Crippen LogP contribution in [0.15, 0.2) is 54.2 Å². The Balaban J connectivity index is 1.93. The molecular weight excluding hydrogens is 386 g/mol. The molecule has 0 saturated carbocycles. The van der Waals surface area contributed by atoms with Gasteiger partial charge in [0, 0.05) is 23.5 Å². The Hall–Kier alpha value is -3.16. The van der Waals surface area contributed by atoms with E-state index < -0.39 is 17.5 Å². The zero-order valence-electron chi connectivity index (χ0n) is 16.8. The van der Waals surface area contributed by atoms with Crippen molar-refractivity contribution >= 4 is 11.9 Å². The molecule has 0 amide bonds. The van der Waals surface area contributed by atoms with Crippen molar-refractivity contribution in [3.8, 4) is 11.5 Å². The summed E-state index contributed by atoms with van der Waals surface area (Å²) in [5, 5.41) is 31.1. The van der Waals surface area contributed by atoms with Crippen LogP contribution in [0, 0.1) is 6.92 Å². The van der Waals surface area contributed by atoms with E-state index in [1.54, 1.807) is 13.1 Å². The molecule has 3 atom stereocenters. The molecule has 0 aliphatic carbocycles. The van der Waals surface area contributed by atoms with Crippen LogP contribution in [-0.4, -0.2) is 51.9 Å². The number of aliphatic hydroxyl groups is 1. The quantitative estimate of drug-likeness (QED) is 0.531. The fourth-order valence-corrected chi connectivity index (χ4v) is 4.93. The SMILES string of the molecule is Cc1cccc2c1Oc1ccccc1[C@@H]1CC[N@@+](C)(/C(=C\C(=O)O)C(=O)O)C[C@]21O. The summed E-state index contributed by atoms with van der Waals surface area (Å²) in [5.41, 5.74) is 0.611. The molecule has 7 heteroatoms. The number of para-hydroxylation sites is 2. The van der Waals surface area contributed by atoms with Gasteiger partial charge < -0.3 is 20.1 Å². The lowest BCUT2D eigenvalue weighted by molar-refractivity contribution is -0.883. The van der Waals surface area contributed by atoms with E-state index in [0.29, 0.717) is 30.0 Å². The fraction of sp³-hybridized carbons (Fsp3) is 0.304. The van der Waals surface area contributed by atoms with Gasteiger partial charge in [0.2, 0.25) is 5.70 Å². The highest BCUT2D eigenvalue weighted by Crippen LogP contribution is 2.54. The maximum Gasteiger partial charge on any atom is 0.390 e. The van der Waals surface area contributed by atoms with Crippen molar-refractivity contribution in [3.63, 3.8) is 0 Å². The number of likely N-dealkylation sites (tertiary alicyclic amines) is 1. The molecule has 2 aliphatic rings. The van der Waals surface area contributed by atoms with Crippen LogP contribution in [0.5, 0.6) is 11.5 Å². The van der Waals surface area contributed by atoms with Crippen molar-refractivity contribution in [1.82, 2.24) is 0 Å². The second-order valence-electron chi connectivity index (χ2n) is 8.31. The van der Waals surface area contributed by atoms with Gasteiger partial charge in [-0.3, -0.25) is 4.48 Å². The smallest absolute Gasteiger partial charge is 0.390 e. The van der Waals surface area contributed by atoms with E-state index in [9.17, 15) is 24.9 Å². The number of carboxylic acids is 2. The summed E-state index contributed by atoms with van der Waals surface area (Å²) < 4.78 is 6.03. The summed E-state index contributed by atoms with van der Waals surface area (Å²) >= 11 is 0. The molecule has 156 valence electrons. The first-order valence-corrected chi connectivity index (χ1v) is 9.78. The lowest BCUT2D eigenvalue weighted by Gasteiger charge is -2.48. The number of hydrogen-bond donors (Lipinski definition) is 3. The maximum atomic E-state index is 12.1. The molecule has 2 aliphatic heterocycles. The van der Waals surface area contributed by atoms with E-state index in [0.717, 1.165) is 17.2 Å². The summed E-state index contributed by atoms with van der Waals surface area (Å²) in [5.74, 6) is -1.72. The number of ether oxygens (including phenoxy) is 1. The van der Waals surface area contributed by atoms with Gasteiger partial charge in [0.15, 0.2) is 0 Å². The minimum absolute atomic E-state index is 0.0111. The topological polar surface area (TPSA) is 104 Å². The number of hydrogen-bond acceptors (Lipinski definition) is 4. The minimum atomic E-state index is -1.44. The van der Waals surface area contributed by atoms with Crippen LogP contribution in [0.25, 0.3) is 0 Å². The van der Waals surface area contributed by atoms with Crippen LogP contribution in [-0.2, 0) is 15.2 Å². The normalized spacial score (nSPS) is 27.7. The molecule has 0 spiro atoms. The first-order chi connectivity index (χ1) is 14.2. The molecule has 2 aromatic rings. The third-order valence-electron chi connectivity index (χ3n) is 6.32. The van der Waals surface area contributed by atoms with Crippen LogP contribution in [0.3, 0.4) is 0 Å². The summed E-state index contributed by atoms with van der Waals surface area (Å²) in [6, 6.07) is 13.1. The van der Waals surface area contributed by atoms with Gasteiger partial charge in [-0.05, 0) is 18.6 Å². The highest BCUT2D eigenvalue weighted by Gasteiger charge is 2.55. The molecule has 2 heterocycles. The Morgan fingerprint density at radius 3 is 2.60 bits per heavy atom. The van der Waals surface area contributed by atoms with Crippen molar-refractivity contribution in [2.45, 2.75) is 24.9 Å². The largest absolute Gasteiger partial charge is 0.478 e. The molecule has 4 rings (SSSR count). The van der Waals surface area contributed by atoms with Gasteiger partial charge in [0.25, 0.3) is 0 Å². The predicted molar refractivity (Wildman–Crippen MR) is 108 cm³/mol. The summed E-state index contributed by atoms with van der Waals surface area (Å²) in [6.45, 7) is 2.28. The Morgan fingerprint density at radius 2 is 1.90 bits per heavy atom. The van der Waals surface area contributed by atoms with Gasteiger partial charge in [-0.2, -0.15) is 0 Å². The van der Waals surface area contributed by atoms with Gasteiger partial charge in [-0.1, -0.05) is 36.4 Å². The van der Waals surface area contributed by atoms with Crippen LogP contribution in [0.2, 0.25) is 0 Å². The summed E-state index contributed by atoms with van der Waals surface area (Å²) in [4.78, 5) is 23.2. The van der Waals surface area contributed by atoms with Crippen molar-refractivity contribution in [1.29, 1.82) is 0 Å². The number of nitrogens with zero attached hydrogens (tertiary/aromatic N) is 1. The maximum absolute atomic E-state index is 12.1. The van der Waals surface area contributed by atoms with Crippen LogP contribution in [0.1, 0.15) is 29.0 Å². The number of aliphatic carboxylic acids is 2. The van der Waals surface area contributed by atoms with E-state index in [1.807, 2.05) is 43.3 Å². The lowest BCUT2D eigenvalue weighted by Crippen LogP contribution is -2.60. The molecule has 0 aromatic heterocycles.